The summed E-state index contributed by atoms with van der Waals surface area (Å²) >= 11 is 0. The Bertz CT molecular complexity index is 3190. The van der Waals surface area contributed by atoms with Crippen molar-refractivity contribution in [1.82, 2.24) is 19.1 Å². The highest BCUT2D eigenvalue weighted by Gasteiger charge is 2.31. The van der Waals surface area contributed by atoms with E-state index < -0.39 is 0 Å². The zero-order valence-electron chi connectivity index (χ0n) is 32.5. The SMILES string of the molecule is CC(C)(C)c1ccnc(-n2c3ccccc3c3ccc(Oc4cccc(N5CN(c6cccc7c8ccccc8n(-c8ccccc8)c67)c6ccncc65)c4)cc32)c1. The predicted molar refractivity (Wildman–Crippen MR) is 238 cm³/mol. The Morgan fingerprint density at radius 3 is 2.02 bits per heavy atom. The van der Waals surface area contributed by atoms with Crippen molar-refractivity contribution >= 4 is 66.4 Å². The first-order valence-corrected chi connectivity index (χ1v) is 19.8. The van der Waals surface area contributed by atoms with E-state index in [-0.39, 0.29) is 5.41 Å². The number of aromatic nitrogens is 4. The summed E-state index contributed by atoms with van der Waals surface area (Å²) in [7, 11) is 0. The van der Waals surface area contributed by atoms with Gasteiger partial charge in [-0.3, -0.25) is 9.55 Å². The van der Waals surface area contributed by atoms with Crippen LogP contribution in [0.15, 0.2) is 176 Å². The lowest BCUT2D eigenvalue weighted by Gasteiger charge is -2.24. The molecule has 11 rings (SSSR count). The van der Waals surface area contributed by atoms with Crippen LogP contribution in [0.2, 0.25) is 0 Å². The van der Waals surface area contributed by atoms with Crippen LogP contribution >= 0.6 is 0 Å². The number of nitrogens with zero attached hydrogens (tertiary/aromatic N) is 6. The van der Waals surface area contributed by atoms with Gasteiger partial charge in [-0.1, -0.05) is 93.6 Å². The number of hydrogen-bond donors (Lipinski definition) is 0. The minimum Gasteiger partial charge on any atom is -0.457 e. The van der Waals surface area contributed by atoms with Gasteiger partial charge in [-0.15, -0.1) is 0 Å². The van der Waals surface area contributed by atoms with Crippen LogP contribution in [0.5, 0.6) is 11.5 Å². The van der Waals surface area contributed by atoms with Crippen LogP contribution in [-0.4, -0.2) is 25.8 Å². The first-order chi connectivity index (χ1) is 28.4. The third-order valence-corrected chi connectivity index (χ3v) is 11.5. The number of hydrogen-bond acceptors (Lipinski definition) is 5. The lowest BCUT2D eigenvalue weighted by molar-refractivity contribution is 0.483. The number of pyridine rings is 2. The molecular formula is C51H40N6O. The van der Waals surface area contributed by atoms with E-state index in [2.05, 4.69) is 196 Å². The van der Waals surface area contributed by atoms with Crippen LogP contribution in [0.4, 0.5) is 22.7 Å². The van der Waals surface area contributed by atoms with E-state index in [1.807, 2.05) is 24.7 Å². The average molecular weight is 753 g/mol. The van der Waals surface area contributed by atoms with Crippen LogP contribution < -0.4 is 14.5 Å². The Hall–Kier alpha value is -7.38. The highest BCUT2D eigenvalue weighted by atomic mass is 16.5. The van der Waals surface area contributed by atoms with Gasteiger partial charge < -0.3 is 19.1 Å². The molecule has 0 saturated carbocycles. The van der Waals surface area contributed by atoms with Gasteiger partial charge in [0, 0.05) is 57.4 Å². The number of rotatable bonds is 6. The minimum absolute atomic E-state index is 0.00577. The predicted octanol–water partition coefficient (Wildman–Crippen LogP) is 13.0. The number of fused-ring (bicyclic) bond motifs is 7. The molecule has 280 valence electrons. The van der Waals surface area contributed by atoms with Gasteiger partial charge in [0.25, 0.3) is 0 Å². The van der Waals surface area contributed by atoms with Crippen molar-refractivity contribution in [2.24, 2.45) is 0 Å². The van der Waals surface area contributed by atoms with Crippen molar-refractivity contribution in [3.63, 3.8) is 0 Å². The van der Waals surface area contributed by atoms with Crippen molar-refractivity contribution in [3.8, 4) is 23.0 Å². The Morgan fingerprint density at radius 1 is 0.500 bits per heavy atom. The summed E-state index contributed by atoms with van der Waals surface area (Å²) in [6.07, 6.45) is 5.76. The zero-order chi connectivity index (χ0) is 39.0. The number of ether oxygens (including phenoxy) is 1. The molecule has 1 aliphatic heterocycles. The van der Waals surface area contributed by atoms with Crippen molar-refractivity contribution in [1.29, 1.82) is 0 Å². The number of anilines is 4. The van der Waals surface area contributed by atoms with E-state index in [1.54, 1.807) is 0 Å². The van der Waals surface area contributed by atoms with Crippen LogP contribution in [0.25, 0.3) is 55.1 Å². The lowest BCUT2D eigenvalue weighted by atomic mass is 9.88. The van der Waals surface area contributed by atoms with Gasteiger partial charge in [0.05, 0.1) is 45.3 Å². The van der Waals surface area contributed by atoms with Crippen molar-refractivity contribution in [2.75, 3.05) is 16.5 Å². The second kappa shape index (κ2) is 13.1. The molecule has 0 bridgehead atoms. The summed E-state index contributed by atoms with van der Waals surface area (Å²) in [6.45, 7) is 7.31. The first kappa shape index (κ1) is 33.9. The van der Waals surface area contributed by atoms with E-state index in [9.17, 15) is 0 Å². The molecule has 0 aliphatic carbocycles. The zero-order valence-corrected chi connectivity index (χ0v) is 32.5. The molecule has 0 amide bonds. The summed E-state index contributed by atoms with van der Waals surface area (Å²) in [6, 6.07) is 55.6. The Balaban J connectivity index is 0.978. The summed E-state index contributed by atoms with van der Waals surface area (Å²) in [5, 5.41) is 4.78. The fraction of sp³-hybridized carbons (Fsp3) is 0.0980. The standard InChI is InChI=1S/C51H40N6O/c1-51(2,3)34-25-28-53-49(29-34)57-44-21-10-7-17-39(44)41-24-23-38(31-47(41)57)58-37-16-11-15-36(30-37)54-33-55(45-26-27-52-32-48(45)54)46-22-12-19-42-40-18-8-9-20-43(40)56(50(42)46)35-13-5-4-6-14-35/h4-32H,33H2,1-3H3. The second-order valence-corrected chi connectivity index (χ2v) is 16.0. The van der Waals surface area contributed by atoms with E-state index in [1.165, 1.54) is 32.8 Å². The molecule has 0 radical (unpaired) electrons. The molecule has 6 aromatic carbocycles. The van der Waals surface area contributed by atoms with E-state index in [4.69, 9.17) is 9.72 Å². The fourth-order valence-corrected chi connectivity index (χ4v) is 8.72. The molecule has 58 heavy (non-hydrogen) atoms. The van der Waals surface area contributed by atoms with Gasteiger partial charge in [0.2, 0.25) is 0 Å². The molecule has 0 unspecified atom stereocenters. The smallest absolute Gasteiger partial charge is 0.137 e. The van der Waals surface area contributed by atoms with Gasteiger partial charge in [-0.25, -0.2) is 4.98 Å². The molecular weight excluding hydrogens is 713 g/mol. The van der Waals surface area contributed by atoms with Crippen LogP contribution in [0, 0.1) is 0 Å². The molecule has 4 aromatic heterocycles. The van der Waals surface area contributed by atoms with Crippen molar-refractivity contribution in [2.45, 2.75) is 26.2 Å². The largest absolute Gasteiger partial charge is 0.457 e. The van der Waals surface area contributed by atoms with Gasteiger partial charge in [0.15, 0.2) is 0 Å². The van der Waals surface area contributed by atoms with E-state index in [0.29, 0.717) is 6.67 Å². The van der Waals surface area contributed by atoms with Gasteiger partial charge in [0.1, 0.15) is 24.0 Å². The molecule has 0 atom stereocenters. The Morgan fingerprint density at radius 2 is 1.19 bits per heavy atom. The van der Waals surface area contributed by atoms with Crippen LogP contribution in [0.3, 0.4) is 0 Å². The van der Waals surface area contributed by atoms with E-state index >= 15 is 0 Å². The maximum absolute atomic E-state index is 6.71. The molecule has 0 saturated heterocycles. The van der Waals surface area contributed by atoms with E-state index in [0.717, 1.165) is 62.2 Å². The topological polar surface area (TPSA) is 51.4 Å². The number of para-hydroxylation sites is 4. The fourth-order valence-electron chi connectivity index (χ4n) is 8.72. The monoisotopic (exact) mass is 752 g/mol. The summed E-state index contributed by atoms with van der Waals surface area (Å²) < 4.78 is 11.4. The third kappa shape index (κ3) is 5.42. The maximum Gasteiger partial charge on any atom is 0.137 e. The average Bonchev–Trinajstić information content (AvgIpc) is 3.92. The van der Waals surface area contributed by atoms with Crippen molar-refractivity contribution < 1.29 is 4.74 Å². The molecule has 7 heteroatoms. The van der Waals surface area contributed by atoms with Crippen LogP contribution in [0.1, 0.15) is 26.3 Å². The molecule has 7 nitrogen and oxygen atoms in total. The normalized spacial score (nSPS) is 12.9. The highest BCUT2D eigenvalue weighted by molar-refractivity contribution is 6.14. The van der Waals surface area contributed by atoms with Gasteiger partial charge >= 0.3 is 0 Å². The molecule has 0 N–H and O–H groups in total. The maximum atomic E-state index is 6.71. The lowest BCUT2D eigenvalue weighted by Crippen LogP contribution is -2.24. The highest BCUT2D eigenvalue weighted by Crippen LogP contribution is 2.48. The Labute approximate surface area is 336 Å². The molecule has 5 heterocycles. The van der Waals surface area contributed by atoms with Gasteiger partial charge in [-0.05, 0) is 83.8 Å². The quantitative estimate of drug-likeness (QED) is 0.169. The second-order valence-electron chi connectivity index (χ2n) is 16.0. The molecule has 10 aromatic rings. The first-order valence-electron chi connectivity index (χ1n) is 19.8. The molecule has 1 aliphatic rings. The molecule has 0 spiro atoms. The number of benzene rings is 6. The third-order valence-electron chi connectivity index (χ3n) is 11.5. The van der Waals surface area contributed by atoms with Crippen LogP contribution in [-0.2, 0) is 5.41 Å². The van der Waals surface area contributed by atoms with Crippen molar-refractivity contribution in [3.05, 3.63) is 182 Å². The Kier molecular flexibility index (Phi) is 7.66. The van der Waals surface area contributed by atoms with Gasteiger partial charge in [-0.2, -0.15) is 0 Å². The summed E-state index contributed by atoms with van der Waals surface area (Å²) in [4.78, 5) is 14.2. The summed E-state index contributed by atoms with van der Waals surface area (Å²) in [5.74, 6) is 2.40. The molecule has 0 fully saturated rings. The summed E-state index contributed by atoms with van der Waals surface area (Å²) in [5.41, 5.74) is 11.2. The minimum atomic E-state index is -0.00577.